The number of thiazole rings is 1. The highest BCUT2D eigenvalue weighted by atomic mass is 32.1. The van der Waals surface area contributed by atoms with Crippen LogP contribution < -0.4 is 5.73 Å². The van der Waals surface area contributed by atoms with Crippen LogP contribution in [0.1, 0.15) is 34.5 Å². The number of alkyl halides is 3. The summed E-state index contributed by atoms with van der Waals surface area (Å²) in [5.74, 6) is 0. The first-order valence-electron chi connectivity index (χ1n) is 8.38. The van der Waals surface area contributed by atoms with Gasteiger partial charge in [-0.15, -0.1) is 11.3 Å². The van der Waals surface area contributed by atoms with Crippen LogP contribution in [0.2, 0.25) is 0 Å². The number of hydrogen-bond acceptors (Lipinski definition) is 4. The van der Waals surface area contributed by atoms with Crippen molar-refractivity contribution in [3.63, 3.8) is 0 Å². The lowest BCUT2D eigenvalue weighted by Gasteiger charge is -2.33. The van der Waals surface area contributed by atoms with E-state index >= 15 is 0 Å². The molecule has 3 aromatic rings. The molecule has 0 spiro atoms. The summed E-state index contributed by atoms with van der Waals surface area (Å²) in [5, 5.41) is 10.7. The molecule has 0 saturated heterocycles. The first kappa shape index (κ1) is 17.3. The van der Waals surface area contributed by atoms with Crippen molar-refractivity contribution < 1.29 is 18.3 Å². The number of para-hydroxylation sites is 1. The summed E-state index contributed by atoms with van der Waals surface area (Å²) < 4.78 is 43.1. The minimum absolute atomic E-state index is 0.145. The molecule has 7 heteroatoms. The van der Waals surface area contributed by atoms with Crippen molar-refractivity contribution >= 4 is 27.2 Å². The van der Waals surface area contributed by atoms with Crippen molar-refractivity contribution in [1.29, 1.82) is 0 Å². The molecule has 1 aliphatic carbocycles. The largest absolute Gasteiger partial charge is 0.428 e. The summed E-state index contributed by atoms with van der Waals surface area (Å²) in [6, 6.07) is 9.56. The molecule has 0 fully saturated rings. The highest BCUT2D eigenvalue weighted by Gasteiger charge is 2.59. The van der Waals surface area contributed by atoms with Gasteiger partial charge >= 0.3 is 6.18 Å². The smallest absolute Gasteiger partial charge is 0.398 e. The van der Waals surface area contributed by atoms with Gasteiger partial charge in [0.25, 0.3) is 0 Å². The van der Waals surface area contributed by atoms with E-state index in [4.69, 9.17) is 5.73 Å². The molecule has 3 nitrogen and oxygen atoms in total. The molecular formula is C19H17F3N2OS. The number of fused-ring (bicyclic) bond motifs is 2. The van der Waals surface area contributed by atoms with Crippen LogP contribution in [0.5, 0.6) is 0 Å². The molecule has 136 valence electrons. The van der Waals surface area contributed by atoms with Gasteiger partial charge in [-0.25, -0.2) is 4.98 Å². The molecule has 1 heterocycles. The fraction of sp³-hybridized carbons (Fsp3) is 0.316. The Morgan fingerprint density at radius 1 is 1.00 bits per heavy atom. The molecule has 1 aromatic heterocycles. The highest BCUT2D eigenvalue weighted by Crippen LogP contribution is 2.49. The number of nitrogens with zero attached hydrogens (tertiary/aromatic N) is 1. The molecule has 0 saturated carbocycles. The van der Waals surface area contributed by atoms with E-state index in [1.165, 1.54) is 12.1 Å². The third-order valence-electron chi connectivity index (χ3n) is 4.97. The minimum Gasteiger partial charge on any atom is -0.398 e. The van der Waals surface area contributed by atoms with Gasteiger partial charge in [-0.1, -0.05) is 18.2 Å². The van der Waals surface area contributed by atoms with E-state index in [1.807, 2.05) is 0 Å². The lowest BCUT2D eigenvalue weighted by molar-refractivity contribution is -0.248. The molecule has 4 rings (SSSR count). The van der Waals surface area contributed by atoms with Crippen molar-refractivity contribution in [3.8, 4) is 0 Å². The standard InChI is InChI=1S/C19H17F3N2OS/c20-19(21,22)18(25,17-24-15-7-3-4-8-16(15)26-17)13-9-10-14(23)12-6-2-1-5-11(12)13/h3-4,7-10,25H,1-2,5-6,23H2/t18-/m1/s1. The van der Waals surface area contributed by atoms with Crippen molar-refractivity contribution in [3.05, 3.63) is 58.1 Å². The van der Waals surface area contributed by atoms with Gasteiger partial charge < -0.3 is 10.8 Å². The molecule has 0 unspecified atom stereocenters. The summed E-state index contributed by atoms with van der Waals surface area (Å²) in [6.45, 7) is 0. The zero-order valence-corrected chi connectivity index (χ0v) is 14.6. The Labute approximate surface area is 152 Å². The maximum atomic E-state index is 14.2. The number of nitrogen functional groups attached to an aromatic ring is 1. The zero-order valence-electron chi connectivity index (χ0n) is 13.8. The van der Waals surface area contributed by atoms with Gasteiger partial charge in [-0.2, -0.15) is 13.2 Å². The van der Waals surface area contributed by atoms with Gasteiger partial charge in [0.2, 0.25) is 5.60 Å². The van der Waals surface area contributed by atoms with E-state index in [-0.39, 0.29) is 10.6 Å². The van der Waals surface area contributed by atoms with E-state index < -0.39 is 11.8 Å². The third-order valence-corrected chi connectivity index (χ3v) is 6.12. The monoisotopic (exact) mass is 378 g/mol. The van der Waals surface area contributed by atoms with Gasteiger partial charge in [0.05, 0.1) is 10.2 Å². The van der Waals surface area contributed by atoms with Crippen molar-refractivity contribution in [2.24, 2.45) is 0 Å². The van der Waals surface area contributed by atoms with Crippen LogP contribution in [-0.4, -0.2) is 16.3 Å². The molecule has 1 atom stereocenters. The first-order valence-corrected chi connectivity index (χ1v) is 9.20. The molecule has 0 radical (unpaired) electrons. The average Bonchev–Trinajstić information content (AvgIpc) is 3.05. The van der Waals surface area contributed by atoms with Gasteiger partial charge in [0.15, 0.2) is 0 Å². The molecule has 3 N–H and O–H groups in total. The van der Waals surface area contributed by atoms with E-state index in [0.717, 1.165) is 29.7 Å². The van der Waals surface area contributed by atoms with Gasteiger partial charge in [0.1, 0.15) is 5.01 Å². The van der Waals surface area contributed by atoms with Gasteiger partial charge in [-0.3, -0.25) is 0 Å². The minimum atomic E-state index is -4.90. The number of anilines is 1. The predicted molar refractivity (Wildman–Crippen MR) is 96.2 cm³/mol. The van der Waals surface area contributed by atoms with Crippen LogP contribution in [0.15, 0.2) is 36.4 Å². The summed E-state index contributed by atoms with van der Waals surface area (Å²) >= 11 is 0.868. The lowest BCUT2D eigenvalue weighted by Crippen LogP contribution is -2.44. The number of hydrogen-bond donors (Lipinski definition) is 2. The summed E-state index contributed by atoms with van der Waals surface area (Å²) in [7, 11) is 0. The molecule has 0 amide bonds. The molecule has 0 bridgehead atoms. The molecule has 26 heavy (non-hydrogen) atoms. The summed E-state index contributed by atoms with van der Waals surface area (Å²) in [6.07, 6.45) is -2.15. The SMILES string of the molecule is Nc1ccc([C@@](O)(c2nc3ccccc3s2)C(F)(F)F)c2c1CCCC2. The van der Waals surface area contributed by atoms with Crippen LogP contribution in [0.3, 0.4) is 0 Å². The van der Waals surface area contributed by atoms with Crippen LogP contribution in [0.4, 0.5) is 18.9 Å². The fourth-order valence-corrected chi connectivity index (χ4v) is 4.74. The van der Waals surface area contributed by atoms with Crippen LogP contribution in [0, 0.1) is 0 Å². The number of benzene rings is 2. The first-order chi connectivity index (χ1) is 12.3. The normalized spacial score (nSPS) is 17.1. The topological polar surface area (TPSA) is 59.1 Å². The molecular weight excluding hydrogens is 361 g/mol. The Hall–Kier alpha value is -2.12. The lowest BCUT2D eigenvalue weighted by atomic mass is 9.80. The predicted octanol–water partition coefficient (Wildman–Crippen LogP) is 4.56. The van der Waals surface area contributed by atoms with E-state index in [2.05, 4.69) is 4.98 Å². The second-order valence-electron chi connectivity index (χ2n) is 6.56. The number of rotatable bonds is 2. The third kappa shape index (κ3) is 2.49. The second-order valence-corrected chi connectivity index (χ2v) is 7.59. The number of aliphatic hydroxyl groups is 1. The van der Waals surface area contributed by atoms with Crippen molar-refractivity contribution in [2.45, 2.75) is 37.5 Å². The van der Waals surface area contributed by atoms with Crippen molar-refractivity contribution in [1.82, 2.24) is 4.98 Å². The molecule has 0 aliphatic heterocycles. The Kier molecular flexibility index (Phi) is 3.96. The molecule has 1 aliphatic rings. The quantitative estimate of drug-likeness (QED) is 0.643. The maximum absolute atomic E-state index is 14.2. The van der Waals surface area contributed by atoms with Gasteiger partial charge in [-0.05, 0) is 55.0 Å². The Morgan fingerprint density at radius 2 is 1.69 bits per heavy atom. The number of nitrogens with two attached hydrogens (primary N) is 1. The van der Waals surface area contributed by atoms with Crippen LogP contribution in [-0.2, 0) is 18.4 Å². The van der Waals surface area contributed by atoms with E-state index in [1.54, 1.807) is 24.3 Å². The zero-order chi connectivity index (χ0) is 18.5. The summed E-state index contributed by atoms with van der Waals surface area (Å²) in [4.78, 5) is 4.12. The van der Waals surface area contributed by atoms with Crippen LogP contribution in [0.25, 0.3) is 10.2 Å². The second kappa shape index (κ2) is 5.96. The van der Waals surface area contributed by atoms with E-state index in [0.29, 0.717) is 34.3 Å². The Morgan fingerprint density at radius 3 is 2.38 bits per heavy atom. The maximum Gasteiger partial charge on any atom is 0.428 e. The van der Waals surface area contributed by atoms with Crippen LogP contribution >= 0.6 is 11.3 Å². The average molecular weight is 378 g/mol. The van der Waals surface area contributed by atoms with Gasteiger partial charge in [0, 0.05) is 11.3 Å². The number of aromatic nitrogens is 1. The fourth-order valence-electron chi connectivity index (χ4n) is 3.65. The Balaban J connectivity index is 2.00. The van der Waals surface area contributed by atoms with E-state index in [9.17, 15) is 18.3 Å². The molecule has 2 aromatic carbocycles. The Bertz CT molecular complexity index is 950. The highest BCUT2D eigenvalue weighted by molar-refractivity contribution is 7.18. The van der Waals surface area contributed by atoms with Crippen molar-refractivity contribution in [2.75, 3.05) is 5.73 Å². The summed E-state index contributed by atoms with van der Waals surface area (Å²) in [5.41, 5.74) is 4.85. The number of halogens is 3.